The Hall–Kier alpha value is -0.300. The van der Waals surface area contributed by atoms with Crippen LogP contribution in [-0.2, 0) is 0 Å². The molecule has 0 N–H and O–H groups in total. The van der Waals surface area contributed by atoms with Crippen LogP contribution in [0.15, 0.2) is 12.2 Å². The van der Waals surface area contributed by atoms with Gasteiger partial charge in [-0.1, -0.05) is 12.2 Å². The molecule has 3 heterocycles. The minimum absolute atomic E-state index is 0.877. The minimum Gasteiger partial charge on any atom is -0.303 e. The summed E-state index contributed by atoms with van der Waals surface area (Å²) in [6, 6.07) is 0. The summed E-state index contributed by atoms with van der Waals surface area (Å²) in [5, 5.41) is 0. The van der Waals surface area contributed by atoms with E-state index in [0.717, 1.165) is 11.8 Å². The quantitative estimate of drug-likeness (QED) is 0.517. The Morgan fingerprint density at radius 3 is 2.45 bits per heavy atom. The zero-order valence-electron chi connectivity index (χ0n) is 7.29. The lowest BCUT2D eigenvalue weighted by atomic mass is 9.79. The van der Waals surface area contributed by atoms with Gasteiger partial charge in [-0.15, -0.1) is 0 Å². The van der Waals surface area contributed by atoms with Gasteiger partial charge in [0.15, 0.2) is 0 Å². The highest BCUT2D eigenvalue weighted by Crippen LogP contribution is 2.32. The Bertz CT molecular complexity index is 154. The fourth-order valence-electron chi connectivity index (χ4n) is 2.48. The average Bonchev–Trinajstić information content (AvgIpc) is 2.07. The third-order valence-corrected chi connectivity index (χ3v) is 3.15. The largest absolute Gasteiger partial charge is 0.303 e. The van der Waals surface area contributed by atoms with Gasteiger partial charge in [0.2, 0.25) is 0 Å². The molecule has 62 valence electrons. The third kappa shape index (κ3) is 1.34. The van der Waals surface area contributed by atoms with Crippen molar-refractivity contribution >= 4 is 0 Å². The summed E-state index contributed by atoms with van der Waals surface area (Å²) in [7, 11) is 0. The van der Waals surface area contributed by atoms with Gasteiger partial charge in [0.05, 0.1) is 0 Å². The van der Waals surface area contributed by atoms with Crippen LogP contribution in [-0.4, -0.2) is 24.5 Å². The topological polar surface area (TPSA) is 3.24 Å². The molecule has 0 aliphatic carbocycles. The number of piperidine rings is 3. The fourth-order valence-corrected chi connectivity index (χ4v) is 2.48. The molecule has 3 saturated heterocycles. The van der Waals surface area contributed by atoms with Crippen LogP contribution >= 0.6 is 0 Å². The molecule has 3 aliphatic rings. The highest BCUT2D eigenvalue weighted by Gasteiger charge is 2.31. The highest BCUT2D eigenvalue weighted by atomic mass is 15.1. The Balaban J connectivity index is 2.02. The second-order valence-electron chi connectivity index (χ2n) is 3.83. The van der Waals surface area contributed by atoms with Crippen LogP contribution in [0.1, 0.15) is 19.8 Å². The summed E-state index contributed by atoms with van der Waals surface area (Å²) >= 11 is 0. The van der Waals surface area contributed by atoms with Gasteiger partial charge in [-0.05, 0) is 44.7 Å². The van der Waals surface area contributed by atoms with Gasteiger partial charge in [0.25, 0.3) is 0 Å². The molecule has 0 aromatic heterocycles. The van der Waals surface area contributed by atoms with E-state index in [0.29, 0.717) is 0 Å². The van der Waals surface area contributed by atoms with Crippen LogP contribution in [0.2, 0.25) is 0 Å². The molecular weight excluding hydrogens is 134 g/mol. The number of hydrogen-bond acceptors (Lipinski definition) is 1. The SMILES string of the molecule is C/C=C\C1CN2CCC1CC2. The molecule has 2 bridgehead atoms. The van der Waals surface area contributed by atoms with E-state index >= 15 is 0 Å². The first-order valence-corrected chi connectivity index (χ1v) is 4.75. The van der Waals surface area contributed by atoms with Crippen molar-refractivity contribution in [1.82, 2.24) is 4.90 Å². The molecule has 3 aliphatic heterocycles. The van der Waals surface area contributed by atoms with E-state index in [-0.39, 0.29) is 0 Å². The molecule has 0 spiro atoms. The summed E-state index contributed by atoms with van der Waals surface area (Å²) in [4.78, 5) is 2.60. The van der Waals surface area contributed by atoms with E-state index in [2.05, 4.69) is 24.0 Å². The van der Waals surface area contributed by atoms with E-state index < -0.39 is 0 Å². The first-order chi connectivity index (χ1) is 5.40. The lowest BCUT2D eigenvalue weighted by molar-refractivity contribution is 0.0736. The van der Waals surface area contributed by atoms with Crippen molar-refractivity contribution in [2.75, 3.05) is 19.6 Å². The molecule has 3 fully saturated rings. The molecule has 11 heavy (non-hydrogen) atoms. The van der Waals surface area contributed by atoms with Crippen molar-refractivity contribution in [3.8, 4) is 0 Å². The lowest BCUT2D eigenvalue weighted by Gasteiger charge is -2.43. The molecule has 3 rings (SSSR count). The Labute approximate surface area is 69.1 Å². The average molecular weight is 151 g/mol. The maximum Gasteiger partial charge on any atom is 0.00470 e. The molecular formula is C10H17N. The van der Waals surface area contributed by atoms with Crippen molar-refractivity contribution in [3.05, 3.63) is 12.2 Å². The molecule has 0 amide bonds. The summed E-state index contributed by atoms with van der Waals surface area (Å²) < 4.78 is 0. The van der Waals surface area contributed by atoms with Crippen LogP contribution in [0.3, 0.4) is 0 Å². The maximum absolute atomic E-state index is 2.60. The van der Waals surface area contributed by atoms with Gasteiger partial charge >= 0.3 is 0 Å². The van der Waals surface area contributed by atoms with Crippen molar-refractivity contribution in [2.24, 2.45) is 11.8 Å². The van der Waals surface area contributed by atoms with Gasteiger partial charge in [-0.25, -0.2) is 0 Å². The molecule has 0 aromatic rings. The van der Waals surface area contributed by atoms with Gasteiger partial charge in [0.1, 0.15) is 0 Å². The van der Waals surface area contributed by atoms with Crippen molar-refractivity contribution in [2.45, 2.75) is 19.8 Å². The van der Waals surface area contributed by atoms with Crippen LogP contribution in [0.25, 0.3) is 0 Å². The van der Waals surface area contributed by atoms with Crippen LogP contribution in [0, 0.1) is 11.8 Å². The van der Waals surface area contributed by atoms with Crippen LogP contribution in [0.4, 0.5) is 0 Å². The standard InChI is InChI=1S/C10H17N/c1-2-3-10-8-11-6-4-9(10)5-7-11/h2-3,9-10H,4-8H2,1H3/b3-2-. The molecule has 1 unspecified atom stereocenters. The van der Waals surface area contributed by atoms with Gasteiger partial charge in [-0.2, -0.15) is 0 Å². The zero-order chi connectivity index (χ0) is 7.68. The van der Waals surface area contributed by atoms with E-state index in [1.165, 1.54) is 32.5 Å². The second-order valence-corrected chi connectivity index (χ2v) is 3.83. The number of hydrogen-bond donors (Lipinski definition) is 0. The molecule has 1 heteroatoms. The number of rotatable bonds is 1. The fraction of sp³-hybridized carbons (Fsp3) is 0.800. The summed E-state index contributed by atoms with van der Waals surface area (Å²) in [5.41, 5.74) is 0. The van der Waals surface area contributed by atoms with Crippen molar-refractivity contribution in [1.29, 1.82) is 0 Å². The molecule has 0 radical (unpaired) electrons. The third-order valence-electron chi connectivity index (χ3n) is 3.15. The highest BCUT2D eigenvalue weighted by molar-refractivity contribution is 4.97. The summed E-state index contributed by atoms with van der Waals surface area (Å²) in [6.45, 7) is 6.18. The van der Waals surface area contributed by atoms with Crippen molar-refractivity contribution in [3.63, 3.8) is 0 Å². The van der Waals surface area contributed by atoms with Gasteiger partial charge < -0.3 is 4.90 Å². The smallest absolute Gasteiger partial charge is 0.00470 e. The predicted molar refractivity (Wildman–Crippen MR) is 47.5 cm³/mol. The van der Waals surface area contributed by atoms with E-state index in [1.54, 1.807) is 0 Å². The normalized spacial score (nSPS) is 43.5. The van der Waals surface area contributed by atoms with Crippen LogP contribution < -0.4 is 0 Å². The Kier molecular flexibility index (Phi) is 1.99. The molecule has 1 atom stereocenters. The van der Waals surface area contributed by atoms with E-state index in [9.17, 15) is 0 Å². The van der Waals surface area contributed by atoms with Gasteiger partial charge in [0, 0.05) is 6.54 Å². The minimum atomic E-state index is 0.877. The molecule has 1 nitrogen and oxygen atoms in total. The first-order valence-electron chi connectivity index (χ1n) is 4.75. The number of fused-ring (bicyclic) bond motifs is 3. The van der Waals surface area contributed by atoms with Gasteiger partial charge in [-0.3, -0.25) is 0 Å². The Morgan fingerprint density at radius 1 is 1.27 bits per heavy atom. The zero-order valence-corrected chi connectivity index (χ0v) is 7.29. The molecule has 0 saturated carbocycles. The van der Waals surface area contributed by atoms with Crippen molar-refractivity contribution < 1.29 is 0 Å². The summed E-state index contributed by atoms with van der Waals surface area (Å²) in [6.07, 6.45) is 7.49. The summed E-state index contributed by atoms with van der Waals surface area (Å²) in [5.74, 6) is 1.89. The predicted octanol–water partition coefficient (Wildman–Crippen LogP) is 1.90. The number of allylic oxidation sites excluding steroid dienone is 1. The van der Waals surface area contributed by atoms with Crippen LogP contribution in [0.5, 0.6) is 0 Å². The first kappa shape index (κ1) is 7.35. The molecule has 0 aromatic carbocycles. The second kappa shape index (κ2) is 2.98. The van der Waals surface area contributed by atoms with E-state index in [4.69, 9.17) is 0 Å². The maximum atomic E-state index is 2.60. The number of nitrogens with zero attached hydrogens (tertiary/aromatic N) is 1. The lowest BCUT2D eigenvalue weighted by Crippen LogP contribution is -2.46. The monoisotopic (exact) mass is 151 g/mol. The Morgan fingerprint density at radius 2 is 2.00 bits per heavy atom. The van der Waals surface area contributed by atoms with E-state index in [1.807, 2.05) is 0 Å².